The van der Waals surface area contributed by atoms with Gasteiger partial charge in [-0.2, -0.15) is 0 Å². The van der Waals surface area contributed by atoms with Gasteiger partial charge in [0.15, 0.2) is 0 Å². The minimum Gasteiger partial charge on any atom is -0.319 e. The third kappa shape index (κ3) is 5.62. The summed E-state index contributed by atoms with van der Waals surface area (Å²) in [7, 11) is 0. The number of nitro benzene ring substituents is 1. The molecule has 1 heterocycles. The van der Waals surface area contributed by atoms with Crippen molar-refractivity contribution in [3.05, 3.63) is 68.8 Å². The molecular formula is C22H28N4O3. The number of carbonyl (C=O) groups excluding carboxylic acids is 1. The second-order valence-corrected chi connectivity index (χ2v) is 7.80. The number of piperazine rings is 1. The van der Waals surface area contributed by atoms with E-state index in [0.29, 0.717) is 0 Å². The van der Waals surface area contributed by atoms with Crippen LogP contribution in [0.25, 0.3) is 0 Å². The lowest BCUT2D eigenvalue weighted by molar-refractivity contribution is -0.384. The Labute approximate surface area is 171 Å². The van der Waals surface area contributed by atoms with E-state index in [1.165, 1.54) is 17.2 Å². The zero-order valence-corrected chi connectivity index (χ0v) is 17.3. The summed E-state index contributed by atoms with van der Waals surface area (Å²) in [5.41, 5.74) is 4.51. The van der Waals surface area contributed by atoms with Crippen molar-refractivity contribution < 1.29 is 9.72 Å². The number of aryl methyl sites for hydroxylation is 3. The molecule has 0 unspecified atom stereocenters. The third-order valence-corrected chi connectivity index (χ3v) is 5.40. The van der Waals surface area contributed by atoms with Gasteiger partial charge in [-0.1, -0.05) is 29.8 Å². The topological polar surface area (TPSA) is 78.7 Å². The number of hydrogen-bond acceptors (Lipinski definition) is 5. The molecule has 1 N–H and O–H groups in total. The van der Waals surface area contributed by atoms with Crippen molar-refractivity contribution in [3.8, 4) is 0 Å². The van der Waals surface area contributed by atoms with Crippen molar-refractivity contribution in [1.29, 1.82) is 0 Å². The van der Waals surface area contributed by atoms with Gasteiger partial charge in [0.2, 0.25) is 5.91 Å². The molecule has 2 aromatic carbocycles. The second kappa shape index (κ2) is 9.15. The molecule has 3 rings (SSSR count). The third-order valence-electron chi connectivity index (χ3n) is 5.40. The highest BCUT2D eigenvalue weighted by molar-refractivity contribution is 5.94. The highest BCUT2D eigenvalue weighted by Crippen LogP contribution is 2.27. The number of hydrogen-bond donors (Lipinski definition) is 1. The summed E-state index contributed by atoms with van der Waals surface area (Å²) in [5.74, 6) is -0.219. The number of nitrogens with zero attached hydrogens (tertiary/aromatic N) is 3. The lowest BCUT2D eigenvalue weighted by Gasteiger charge is -2.34. The molecule has 1 aliphatic rings. The van der Waals surface area contributed by atoms with Crippen LogP contribution in [0.15, 0.2) is 36.4 Å². The van der Waals surface area contributed by atoms with Crippen LogP contribution in [-0.2, 0) is 11.3 Å². The number of nitrogens with one attached hydrogen (secondary N) is 1. The van der Waals surface area contributed by atoms with Gasteiger partial charge in [0, 0.05) is 38.8 Å². The predicted molar refractivity (Wildman–Crippen MR) is 114 cm³/mol. The number of benzene rings is 2. The molecule has 0 atom stereocenters. The number of rotatable bonds is 6. The molecule has 1 aliphatic heterocycles. The number of anilines is 1. The fourth-order valence-electron chi connectivity index (χ4n) is 3.62. The van der Waals surface area contributed by atoms with Crippen LogP contribution in [0.3, 0.4) is 0 Å². The monoisotopic (exact) mass is 396 g/mol. The van der Waals surface area contributed by atoms with Crippen LogP contribution in [0.2, 0.25) is 0 Å². The van der Waals surface area contributed by atoms with Crippen molar-refractivity contribution in [2.24, 2.45) is 0 Å². The van der Waals surface area contributed by atoms with E-state index >= 15 is 0 Å². The average molecular weight is 396 g/mol. The molecule has 2 aromatic rings. The minimum absolute atomic E-state index is 0.0653. The molecule has 0 spiro atoms. The fraction of sp³-hybridized carbons (Fsp3) is 0.409. The second-order valence-electron chi connectivity index (χ2n) is 7.80. The summed E-state index contributed by atoms with van der Waals surface area (Å²) in [6.45, 7) is 10.3. The Kier molecular flexibility index (Phi) is 6.61. The largest absolute Gasteiger partial charge is 0.319 e. The Hall–Kier alpha value is -2.77. The van der Waals surface area contributed by atoms with Crippen LogP contribution >= 0.6 is 0 Å². The maximum Gasteiger partial charge on any atom is 0.293 e. The predicted octanol–water partition coefficient (Wildman–Crippen LogP) is 3.28. The van der Waals surface area contributed by atoms with E-state index in [4.69, 9.17) is 0 Å². The van der Waals surface area contributed by atoms with Crippen LogP contribution in [-0.4, -0.2) is 53.4 Å². The highest BCUT2D eigenvalue weighted by atomic mass is 16.6. The van der Waals surface area contributed by atoms with E-state index < -0.39 is 4.92 Å². The molecule has 154 valence electrons. The lowest BCUT2D eigenvalue weighted by Crippen LogP contribution is -2.48. The first-order valence-electron chi connectivity index (χ1n) is 9.87. The van der Waals surface area contributed by atoms with Crippen molar-refractivity contribution in [2.45, 2.75) is 27.3 Å². The Morgan fingerprint density at radius 2 is 1.69 bits per heavy atom. The first-order valence-corrected chi connectivity index (χ1v) is 9.87. The number of carbonyl (C=O) groups is 1. The van der Waals surface area contributed by atoms with E-state index in [2.05, 4.69) is 46.3 Å². The maximum atomic E-state index is 12.5. The fourth-order valence-corrected chi connectivity index (χ4v) is 3.62. The van der Waals surface area contributed by atoms with Crippen molar-refractivity contribution in [2.75, 3.05) is 38.0 Å². The SMILES string of the molecule is Cc1cccc(CN2CCN(CC(=O)Nc3cc(C)c(C)cc3[N+](=O)[O-])CC2)c1. The summed E-state index contributed by atoms with van der Waals surface area (Å²) in [6.07, 6.45) is 0. The van der Waals surface area contributed by atoms with E-state index in [1.54, 1.807) is 6.07 Å². The van der Waals surface area contributed by atoms with E-state index in [9.17, 15) is 14.9 Å². The molecule has 7 heteroatoms. The molecule has 0 aromatic heterocycles. The van der Waals surface area contributed by atoms with Crippen molar-refractivity contribution in [3.63, 3.8) is 0 Å². The molecule has 1 amide bonds. The summed E-state index contributed by atoms with van der Waals surface area (Å²) in [6, 6.07) is 11.7. The molecule has 1 saturated heterocycles. The van der Waals surface area contributed by atoms with Gasteiger partial charge in [-0.3, -0.25) is 24.7 Å². The van der Waals surface area contributed by atoms with Crippen LogP contribution in [0.5, 0.6) is 0 Å². The van der Waals surface area contributed by atoms with Gasteiger partial charge in [-0.05, 0) is 43.5 Å². The lowest BCUT2D eigenvalue weighted by atomic mass is 10.1. The van der Waals surface area contributed by atoms with Gasteiger partial charge in [-0.15, -0.1) is 0 Å². The average Bonchev–Trinajstić information content (AvgIpc) is 2.66. The Morgan fingerprint density at radius 3 is 2.34 bits per heavy atom. The summed E-state index contributed by atoms with van der Waals surface area (Å²) < 4.78 is 0. The van der Waals surface area contributed by atoms with Crippen molar-refractivity contribution >= 4 is 17.3 Å². The number of nitro groups is 1. The van der Waals surface area contributed by atoms with Gasteiger partial charge < -0.3 is 5.32 Å². The van der Waals surface area contributed by atoms with E-state index in [0.717, 1.165) is 43.9 Å². The Morgan fingerprint density at radius 1 is 1.03 bits per heavy atom. The molecule has 0 bridgehead atoms. The number of amides is 1. The molecule has 7 nitrogen and oxygen atoms in total. The first-order chi connectivity index (χ1) is 13.8. The zero-order chi connectivity index (χ0) is 21.0. The molecule has 0 radical (unpaired) electrons. The summed E-state index contributed by atoms with van der Waals surface area (Å²) in [5, 5.41) is 14.0. The van der Waals surface area contributed by atoms with Gasteiger partial charge in [0.1, 0.15) is 5.69 Å². The first kappa shape index (κ1) is 21.0. The molecule has 0 saturated carbocycles. The molecule has 1 fully saturated rings. The standard InChI is InChI=1S/C22H28N4O3/c1-16-5-4-6-19(11-16)14-24-7-9-25(10-8-24)15-22(27)23-20-12-17(2)18(3)13-21(20)26(28)29/h4-6,11-13H,7-10,14-15H2,1-3H3,(H,23,27). The van der Waals surface area contributed by atoms with E-state index in [-0.39, 0.29) is 23.8 Å². The minimum atomic E-state index is -0.452. The van der Waals surface area contributed by atoms with Gasteiger partial charge in [0.05, 0.1) is 11.5 Å². The zero-order valence-electron chi connectivity index (χ0n) is 17.3. The van der Waals surface area contributed by atoms with Crippen LogP contribution in [0.1, 0.15) is 22.3 Å². The smallest absolute Gasteiger partial charge is 0.293 e. The van der Waals surface area contributed by atoms with E-state index in [1.807, 2.05) is 13.8 Å². The van der Waals surface area contributed by atoms with Crippen molar-refractivity contribution in [1.82, 2.24) is 9.80 Å². The summed E-state index contributed by atoms with van der Waals surface area (Å²) in [4.78, 5) is 27.8. The maximum absolute atomic E-state index is 12.5. The normalized spacial score (nSPS) is 15.3. The van der Waals surface area contributed by atoms with Gasteiger partial charge >= 0.3 is 0 Å². The summed E-state index contributed by atoms with van der Waals surface area (Å²) >= 11 is 0. The van der Waals surface area contributed by atoms with Crippen LogP contribution < -0.4 is 5.32 Å². The van der Waals surface area contributed by atoms with Gasteiger partial charge in [-0.25, -0.2) is 0 Å². The molecular weight excluding hydrogens is 368 g/mol. The Bertz CT molecular complexity index is 905. The molecule has 29 heavy (non-hydrogen) atoms. The Balaban J connectivity index is 1.52. The molecule has 0 aliphatic carbocycles. The van der Waals surface area contributed by atoms with Crippen LogP contribution in [0.4, 0.5) is 11.4 Å². The highest BCUT2D eigenvalue weighted by Gasteiger charge is 2.21. The quantitative estimate of drug-likeness (QED) is 0.599. The van der Waals surface area contributed by atoms with Gasteiger partial charge in [0.25, 0.3) is 5.69 Å². The van der Waals surface area contributed by atoms with Crippen LogP contribution in [0, 0.1) is 30.9 Å².